The van der Waals surface area contributed by atoms with E-state index >= 15 is 0 Å². The molecule has 0 N–H and O–H groups in total. The van der Waals surface area contributed by atoms with E-state index in [1.807, 2.05) is 6.07 Å². The van der Waals surface area contributed by atoms with Crippen molar-refractivity contribution in [1.82, 2.24) is 0 Å². The molecule has 0 fully saturated rings. The van der Waals surface area contributed by atoms with Crippen LogP contribution < -0.4 is 4.74 Å². The summed E-state index contributed by atoms with van der Waals surface area (Å²) < 4.78 is 5.43. The monoisotopic (exact) mass is 229 g/mol. The van der Waals surface area contributed by atoms with Gasteiger partial charge in [-0.25, -0.2) is 0 Å². The average molecular weight is 230 g/mol. The van der Waals surface area contributed by atoms with Crippen molar-refractivity contribution in [3.8, 4) is 11.8 Å². The molecule has 0 aliphatic rings. The third kappa shape index (κ3) is 2.80. The van der Waals surface area contributed by atoms with Gasteiger partial charge in [-0.05, 0) is 19.1 Å². The molecule has 4 heteroatoms. The van der Waals surface area contributed by atoms with Crippen LogP contribution in [0.3, 0.4) is 0 Å². The van der Waals surface area contributed by atoms with E-state index in [2.05, 4.69) is 0 Å². The van der Waals surface area contributed by atoms with Gasteiger partial charge in [0.1, 0.15) is 6.10 Å². The molecule has 0 aliphatic heterocycles. The Morgan fingerprint density at radius 2 is 2.00 bits per heavy atom. The predicted octanol–water partition coefficient (Wildman–Crippen LogP) is 3.67. The van der Waals surface area contributed by atoms with Crippen molar-refractivity contribution in [3.05, 3.63) is 28.2 Å². The Morgan fingerprint density at radius 3 is 2.50 bits per heavy atom. The van der Waals surface area contributed by atoms with Gasteiger partial charge in [0.05, 0.1) is 22.5 Å². The normalized spacial score (nSPS) is 11.9. The molecule has 0 radical (unpaired) electrons. The molecule has 14 heavy (non-hydrogen) atoms. The van der Waals surface area contributed by atoms with Crippen molar-refractivity contribution in [2.75, 3.05) is 0 Å². The third-order valence-corrected chi connectivity index (χ3v) is 2.21. The van der Waals surface area contributed by atoms with Gasteiger partial charge < -0.3 is 4.74 Å². The van der Waals surface area contributed by atoms with Gasteiger partial charge >= 0.3 is 0 Å². The van der Waals surface area contributed by atoms with E-state index in [9.17, 15) is 0 Å². The number of hydrogen-bond donors (Lipinski definition) is 0. The molecule has 1 unspecified atom stereocenters. The molecule has 0 saturated carbocycles. The number of halogens is 2. The molecule has 1 atom stereocenters. The molecular weight excluding hydrogens is 221 g/mol. The maximum Gasteiger partial charge on any atom is 0.156 e. The van der Waals surface area contributed by atoms with Gasteiger partial charge in [-0.3, -0.25) is 0 Å². The van der Waals surface area contributed by atoms with Crippen LogP contribution in [0.4, 0.5) is 0 Å². The zero-order valence-electron chi connectivity index (χ0n) is 7.63. The van der Waals surface area contributed by atoms with E-state index in [0.717, 1.165) is 0 Å². The first-order chi connectivity index (χ1) is 6.65. The average Bonchev–Trinajstić information content (AvgIpc) is 2.12. The fraction of sp³-hybridized carbons (Fsp3) is 0.300. The summed E-state index contributed by atoms with van der Waals surface area (Å²) in [5.41, 5.74) is 0. The van der Waals surface area contributed by atoms with Crippen molar-refractivity contribution < 1.29 is 4.74 Å². The first-order valence-corrected chi connectivity index (χ1v) is 4.88. The number of benzene rings is 1. The quantitative estimate of drug-likeness (QED) is 0.793. The van der Waals surface area contributed by atoms with Gasteiger partial charge in [0.2, 0.25) is 0 Å². The lowest BCUT2D eigenvalue weighted by molar-refractivity contribution is 0.227. The number of rotatable bonds is 3. The van der Waals surface area contributed by atoms with Crippen LogP contribution in [-0.2, 0) is 0 Å². The summed E-state index contributed by atoms with van der Waals surface area (Å²) in [6.07, 6.45) is 0.0964. The maximum atomic E-state index is 8.46. The van der Waals surface area contributed by atoms with E-state index in [1.54, 1.807) is 25.1 Å². The molecule has 74 valence electrons. The molecule has 1 aromatic carbocycles. The minimum Gasteiger partial charge on any atom is -0.487 e. The van der Waals surface area contributed by atoms with Crippen LogP contribution in [0.25, 0.3) is 0 Å². The van der Waals surface area contributed by atoms with Crippen LogP contribution >= 0.6 is 23.2 Å². The highest BCUT2D eigenvalue weighted by atomic mass is 35.5. The second-order valence-electron chi connectivity index (χ2n) is 2.84. The van der Waals surface area contributed by atoms with Crippen LogP contribution in [-0.4, -0.2) is 6.10 Å². The molecular formula is C10H9Cl2NO. The lowest BCUT2D eigenvalue weighted by Crippen LogP contribution is -2.10. The Kier molecular flexibility index (Phi) is 4.06. The highest BCUT2D eigenvalue weighted by Gasteiger charge is 2.10. The Labute approximate surface area is 93.0 Å². The molecule has 0 aliphatic carbocycles. The molecule has 0 amide bonds. The van der Waals surface area contributed by atoms with Gasteiger partial charge in [0.15, 0.2) is 5.75 Å². The summed E-state index contributed by atoms with van der Waals surface area (Å²) in [5, 5.41) is 9.38. The van der Waals surface area contributed by atoms with Crippen LogP contribution in [0.1, 0.15) is 13.3 Å². The Bertz CT molecular complexity index is 339. The van der Waals surface area contributed by atoms with Crippen molar-refractivity contribution in [2.24, 2.45) is 0 Å². The summed E-state index contributed by atoms with van der Waals surface area (Å²) in [7, 11) is 0. The molecule has 0 heterocycles. The van der Waals surface area contributed by atoms with E-state index in [-0.39, 0.29) is 6.10 Å². The number of hydrogen-bond acceptors (Lipinski definition) is 2. The zero-order chi connectivity index (χ0) is 10.6. The summed E-state index contributed by atoms with van der Waals surface area (Å²) in [6.45, 7) is 1.79. The van der Waals surface area contributed by atoms with E-state index in [1.165, 1.54) is 0 Å². The number of nitrogens with zero attached hydrogens (tertiary/aromatic N) is 1. The SMILES string of the molecule is CC(CC#N)Oc1c(Cl)cccc1Cl. The van der Waals surface area contributed by atoms with Crippen molar-refractivity contribution in [3.63, 3.8) is 0 Å². The van der Waals surface area contributed by atoms with Gasteiger partial charge in [0.25, 0.3) is 0 Å². The first-order valence-electron chi connectivity index (χ1n) is 4.12. The van der Waals surface area contributed by atoms with Gasteiger partial charge in [0, 0.05) is 0 Å². The molecule has 0 saturated heterocycles. The van der Waals surface area contributed by atoms with Crippen LogP contribution in [0.2, 0.25) is 10.0 Å². The number of ether oxygens (including phenoxy) is 1. The van der Waals surface area contributed by atoms with Crippen molar-refractivity contribution in [2.45, 2.75) is 19.4 Å². The molecule has 0 spiro atoms. The minimum atomic E-state index is -0.211. The summed E-state index contributed by atoms with van der Waals surface area (Å²) in [5.74, 6) is 0.443. The van der Waals surface area contributed by atoms with Crippen LogP contribution in [0.5, 0.6) is 5.75 Å². The lowest BCUT2D eigenvalue weighted by atomic mass is 10.3. The maximum absolute atomic E-state index is 8.46. The lowest BCUT2D eigenvalue weighted by Gasteiger charge is -2.13. The highest BCUT2D eigenvalue weighted by molar-refractivity contribution is 6.37. The molecule has 2 nitrogen and oxygen atoms in total. The first kappa shape index (κ1) is 11.2. The van der Waals surface area contributed by atoms with Crippen molar-refractivity contribution >= 4 is 23.2 Å². The molecule has 0 bridgehead atoms. The fourth-order valence-electron chi connectivity index (χ4n) is 0.967. The van der Waals surface area contributed by atoms with Crippen LogP contribution in [0.15, 0.2) is 18.2 Å². The molecule has 0 aromatic heterocycles. The Morgan fingerprint density at radius 1 is 1.43 bits per heavy atom. The Hall–Kier alpha value is -0.910. The Balaban J connectivity index is 2.81. The topological polar surface area (TPSA) is 33.0 Å². The summed E-state index contributed by atoms with van der Waals surface area (Å²) in [6, 6.07) is 7.15. The number of nitriles is 1. The zero-order valence-corrected chi connectivity index (χ0v) is 9.14. The van der Waals surface area contributed by atoms with Crippen molar-refractivity contribution in [1.29, 1.82) is 5.26 Å². The van der Waals surface area contributed by atoms with E-state index in [0.29, 0.717) is 22.2 Å². The molecule has 1 rings (SSSR count). The van der Waals surface area contributed by atoms with Gasteiger partial charge in [-0.1, -0.05) is 29.3 Å². The van der Waals surface area contributed by atoms with Crippen LogP contribution in [0, 0.1) is 11.3 Å². The fourth-order valence-corrected chi connectivity index (χ4v) is 1.45. The predicted molar refractivity (Wildman–Crippen MR) is 56.8 cm³/mol. The summed E-state index contributed by atoms with van der Waals surface area (Å²) >= 11 is 11.8. The van der Waals surface area contributed by atoms with Gasteiger partial charge in [-0.15, -0.1) is 0 Å². The number of para-hydroxylation sites is 1. The van der Waals surface area contributed by atoms with E-state index in [4.69, 9.17) is 33.2 Å². The third-order valence-electron chi connectivity index (χ3n) is 1.62. The second kappa shape index (κ2) is 5.09. The highest BCUT2D eigenvalue weighted by Crippen LogP contribution is 2.33. The second-order valence-corrected chi connectivity index (χ2v) is 3.66. The standard InChI is InChI=1S/C10H9Cl2NO/c1-7(5-6-13)14-10-8(11)3-2-4-9(10)12/h2-4,7H,5H2,1H3. The minimum absolute atomic E-state index is 0.211. The molecule has 1 aromatic rings. The van der Waals surface area contributed by atoms with Gasteiger partial charge in [-0.2, -0.15) is 5.26 Å². The largest absolute Gasteiger partial charge is 0.487 e. The van der Waals surface area contributed by atoms with E-state index < -0.39 is 0 Å². The summed E-state index contributed by atoms with van der Waals surface area (Å²) in [4.78, 5) is 0. The smallest absolute Gasteiger partial charge is 0.156 e.